The lowest BCUT2D eigenvalue weighted by Crippen LogP contribution is -1.72. The van der Waals surface area contributed by atoms with Gasteiger partial charge in [0.1, 0.15) is 0 Å². The number of allylic oxidation sites excluding steroid dienone is 2. The predicted molar refractivity (Wildman–Crippen MR) is 51.3 cm³/mol. The van der Waals surface area contributed by atoms with Gasteiger partial charge in [0.15, 0.2) is 0 Å². The maximum absolute atomic E-state index is 5.61. The van der Waals surface area contributed by atoms with E-state index in [4.69, 9.17) is 11.6 Å². The molecule has 0 saturated heterocycles. The molecular formula is C6H7ClIN. The van der Waals surface area contributed by atoms with Gasteiger partial charge in [-0.1, -0.05) is 18.2 Å². The maximum Gasteiger partial charge on any atom is 0.0455 e. The van der Waals surface area contributed by atoms with Crippen LogP contribution in [0.4, 0.5) is 0 Å². The molecule has 50 valence electrons. The Balaban J connectivity index is 4.06. The van der Waals surface area contributed by atoms with Crippen LogP contribution in [0.15, 0.2) is 26.4 Å². The van der Waals surface area contributed by atoms with E-state index in [0.29, 0.717) is 0 Å². The van der Waals surface area contributed by atoms with E-state index in [2.05, 4.69) is 34.2 Å². The molecular weight excluding hydrogens is 248 g/mol. The highest BCUT2D eigenvalue weighted by atomic mass is 127. The van der Waals surface area contributed by atoms with Crippen molar-refractivity contribution >= 4 is 40.4 Å². The van der Waals surface area contributed by atoms with Crippen molar-refractivity contribution in [2.75, 3.05) is 0 Å². The fraction of sp³-hybridized carbons (Fsp3) is 0.167. The molecule has 0 aromatic rings. The minimum absolute atomic E-state index is 0.751. The molecule has 0 N–H and O–H groups in total. The highest BCUT2D eigenvalue weighted by Crippen LogP contribution is 2.12. The van der Waals surface area contributed by atoms with Crippen LogP contribution in [0.1, 0.15) is 6.92 Å². The van der Waals surface area contributed by atoms with E-state index < -0.39 is 0 Å². The Bertz CT molecular complexity index is 156. The third kappa shape index (κ3) is 4.66. The third-order valence-electron chi connectivity index (χ3n) is 0.622. The Hall–Kier alpha value is 0.170. The topological polar surface area (TPSA) is 12.4 Å². The molecule has 9 heavy (non-hydrogen) atoms. The lowest BCUT2D eigenvalue weighted by molar-refractivity contribution is 1.61. The second-order valence-electron chi connectivity index (χ2n) is 1.34. The summed E-state index contributed by atoms with van der Waals surface area (Å²) >= 11 is 7.72. The fourth-order valence-corrected chi connectivity index (χ4v) is 0.417. The molecule has 0 aromatic carbocycles. The van der Waals surface area contributed by atoms with Crippen LogP contribution in [-0.4, -0.2) is 6.21 Å². The van der Waals surface area contributed by atoms with Gasteiger partial charge in [-0.3, -0.25) is 4.99 Å². The fourth-order valence-electron chi connectivity index (χ4n) is 0.207. The molecule has 0 aromatic heterocycles. The van der Waals surface area contributed by atoms with Gasteiger partial charge in [-0.2, -0.15) is 0 Å². The van der Waals surface area contributed by atoms with Crippen molar-refractivity contribution in [3.05, 3.63) is 21.4 Å². The van der Waals surface area contributed by atoms with Crippen molar-refractivity contribution < 1.29 is 0 Å². The van der Waals surface area contributed by atoms with Gasteiger partial charge in [0.2, 0.25) is 0 Å². The molecule has 0 aliphatic carbocycles. The molecule has 1 nitrogen and oxygen atoms in total. The van der Waals surface area contributed by atoms with E-state index in [1.165, 1.54) is 6.20 Å². The van der Waals surface area contributed by atoms with Gasteiger partial charge in [-0.25, -0.2) is 0 Å². The van der Waals surface area contributed by atoms with Crippen molar-refractivity contribution in [2.24, 2.45) is 4.99 Å². The summed E-state index contributed by atoms with van der Waals surface area (Å²) in [5.74, 6) is 0. The molecule has 0 radical (unpaired) electrons. The van der Waals surface area contributed by atoms with E-state index in [0.717, 1.165) is 8.61 Å². The quantitative estimate of drug-likeness (QED) is 0.531. The van der Waals surface area contributed by atoms with Gasteiger partial charge in [-0.05, 0) is 29.5 Å². The Morgan fingerprint density at radius 1 is 1.78 bits per heavy atom. The summed E-state index contributed by atoms with van der Waals surface area (Å²) in [6.45, 7) is 5.24. The lowest BCUT2D eigenvalue weighted by Gasteiger charge is -1.86. The summed E-state index contributed by atoms with van der Waals surface area (Å²) in [7, 11) is 0. The van der Waals surface area contributed by atoms with Gasteiger partial charge in [-0.15, -0.1) is 0 Å². The summed E-state index contributed by atoms with van der Waals surface area (Å²) in [4.78, 5) is 3.78. The van der Waals surface area contributed by atoms with Crippen LogP contribution in [0, 0.1) is 0 Å². The zero-order valence-electron chi connectivity index (χ0n) is 5.06. The Morgan fingerprint density at radius 2 is 2.33 bits per heavy atom. The van der Waals surface area contributed by atoms with Crippen molar-refractivity contribution in [1.29, 1.82) is 0 Å². The molecule has 0 fully saturated rings. The van der Waals surface area contributed by atoms with Crippen LogP contribution in [0.5, 0.6) is 0 Å². The van der Waals surface area contributed by atoms with Crippen LogP contribution in [0.25, 0.3) is 0 Å². The largest absolute Gasteiger partial charge is 0.264 e. The number of halogens is 2. The van der Waals surface area contributed by atoms with Crippen LogP contribution in [0.3, 0.4) is 0 Å². The van der Waals surface area contributed by atoms with Crippen LogP contribution < -0.4 is 0 Å². The summed E-state index contributed by atoms with van der Waals surface area (Å²) in [6, 6.07) is 0. The Morgan fingerprint density at radius 3 is 2.67 bits per heavy atom. The second-order valence-corrected chi connectivity index (χ2v) is 3.07. The van der Waals surface area contributed by atoms with E-state index in [1.54, 1.807) is 6.21 Å². The van der Waals surface area contributed by atoms with E-state index >= 15 is 0 Å². The normalized spacial score (nSPS) is 13.7. The number of hydrogen-bond donors (Lipinski definition) is 0. The van der Waals surface area contributed by atoms with E-state index in [9.17, 15) is 0 Å². The van der Waals surface area contributed by atoms with Crippen LogP contribution in [0.2, 0.25) is 0 Å². The van der Waals surface area contributed by atoms with Crippen molar-refractivity contribution in [2.45, 2.75) is 6.92 Å². The minimum atomic E-state index is 0.751. The highest BCUT2D eigenvalue weighted by molar-refractivity contribution is 14.1. The Labute approximate surface area is 73.6 Å². The molecule has 0 amide bonds. The Kier molecular flexibility index (Phi) is 5.09. The molecule has 0 aliphatic rings. The van der Waals surface area contributed by atoms with Crippen LogP contribution in [-0.2, 0) is 0 Å². The SMILES string of the molecule is C=CN=C/C(I)=C(\C)Cl. The molecule has 0 heterocycles. The average molecular weight is 255 g/mol. The van der Waals surface area contributed by atoms with Gasteiger partial charge in [0.25, 0.3) is 0 Å². The molecule has 0 saturated carbocycles. The predicted octanol–water partition coefficient (Wildman–Crippen LogP) is 3.11. The van der Waals surface area contributed by atoms with E-state index in [1.807, 2.05) is 6.92 Å². The second kappa shape index (κ2) is 4.99. The zero-order chi connectivity index (χ0) is 7.28. The summed E-state index contributed by atoms with van der Waals surface area (Å²) in [5.41, 5.74) is 0. The van der Waals surface area contributed by atoms with Crippen molar-refractivity contribution in [3.63, 3.8) is 0 Å². The number of hydrogen-bond acceptors (Lipinski definition) is 1. The zero-order valence-corrected chi connectivity index (χ0v) is 7.98. The molecule has 0 bridgehead atoms. The van der Waals surface area contributed by atoms with Crippen molar-refractivity contribution in [3.8, 4) is 0 Å². The molecule has 0 rings (SSSR count). The number of rotatable bonds is 2. The monoisotopic (exact) mass is 255 g/mol. The molecule has 0 spiro atoms. The van der Waals surface area contributed by atoms with Crippen molar-refractivity contribution in [1.82, 2.24) is 0 Å². The number of nitrogens with zero attached hydrogens (tertiary/aromatic N) is 1. The number of aliphatic imine (C=N–C) groups is 1. The van der Waals surface area contributed by atoms with Gasteiger partial charge >= 0.3 is 0 Å². The summed E-state index contributed by atoms with van der Waals surface area (Å²) < 4.78 is 0.939. The lowest BCUT2D eigenvalue weighted by atomic mass is 10.5. The summed E-state index contributed by atoms with van der Waals surface area (Å²) in [6.07, 6.45) is 3.13. The highest BCUT2D eigenvalue weighted by Gasteiger charge is 1.87. The molecule has 0 unspecified atom stereocenters. The first-order chi connectivity index (χ1) is 4.18. The maximum atomic E-state index is 5.61. The smallest absolute Gasteiger partial charge is 0.0455 e. The third-order valence-corrected chi connectivity index (χ3v) is 2.23. The molecule has 0 atom stereocenters. The van der Waals surface area contributed by atoms with Crippen LogP contribution >= 0.6 is 34.2 Å². The van der Waals surface area contributed by atoms with Gasteiger partial charge < -0.3 is 0 Å². The first kappa shape index (κ1) is 9.17. The standard InChI is InChI=1S/C6H7ClIN/c1-3-9-4-6(8)5(2)7/h3-4H,1H2,2H3/b6-5-,9-4?. The molecule has 0 aliphatic heterocycles. The van der Waals surface area contributed by atoms with E-state index in [-0.39, 0.29) is 0 Å². The summed E-state index contributed by atoms with van der Waals surface area (Å²) in [5, 5.41) is 0.751. The van der Waals surface area contributed by atoms with Gasteiger partial charge in [0, 0.05) is 21.0 Å². The van der Waals surface area contributed by atoms with Gasteiger partial charge in [0.05, 0.1) is 0 Å². The minimum Gasteiger partial charge on any atom is -0.264 e. The first-order valence-corrected chi connectivity index (χ1v) is 3.80. The average Bonchev–Trinajstić information content (AvgIpc) is 1.82. The first-order valence-electron chi connectivity index (χ1n) is 2.34. The molecule has 3 heteroatoms.